The van der Waals surface area contributed by atoms with Crippen molar-refractivity contribution in [3.05, 3.63) is 29.3 Å². The number of hydrogen-bond acceptors (Lipinski definition) is 2. The third-order valence-corrected chi connectivity index (χ3v) is 2.67. The molecule has 0 aliphatic rings. The van der Waals surface area contributed by atoms with Crippen LogP contribution in [-0.4, -0.2) is 12.5 Å². The predicted molar refractivity (Wildman–Crippen MR) is 67.4 cm³/mol. The molecule has 0 saturated heterocycles. The molecule has 3 heteroatoms. The molecule has 16 heavy (non-hydrogen) atoms. The fourth-order valence-electron chi connectivity index (χ4n) is 1.46. The van der Waals surface area contributed by atoms with Crippen LogP contribution in [0.25, 0.3) is 0 Å². The summed E-state index contributed by atoms with van der Waals surface area (Å²) in [5.41, 5.74) is 7.98. The zero-order valence-corrected chi connectivity index (χ0v) is 10.2. The second-order valence-corrected chi connectivity index (χ2v) is 4.36. The number of nitrogens with two attached hydrogens (primary N) is 1. The third kappa shape index (κ3) is 3.57. The van der Waals surface area contributed by atoms with Gasteiger partial charge in [-0.3, -0.25) is 4.79 Å². The van der Waals surface area contributed by atoms with Crippen molar-refractivity contribution in [2.45, 2.75) is 27.2 Å². The Kier molecular flexibility index (Phi) is 4.35. The standard InChI is InChI=1S/C13H20N2O/c1-4-9(2)8-15-13(16)11-5-10(3)6-12(14)7-11/h5-7,9H,4,8,14H2,1-3H3,(H,15,16). The average molecular weight is 220 g/mol. The van der Waals surface area contributed by atoms with Gasteiger partial charge in [-0.2, -0.15) is 0 Å². The van der Waals surface area contributed by atoms with Crippen molar-refractivity contribution < 1.29 is 4.79 Å². The van der Waals surface area contributed by atoms with Crippen molar-refractivity contribution in [1.29, 1.82) is 0 Å². The van der Waals surface area contributed by atoms with Crippen molar-refractivity contribution in [3.8, 4) is 0 Å². The number of aryl methyl sites for hydroxylation is 1. The van der Waals surface area contributed by atoms with E-state index in [0.717, 1.165) is 12.0 Å². The second kappa shape index (κ2) is 5.54. The van der Waals surface area contributed by atoms with Crippen molar-refractivity contribution in [2.24, 2.45) is 5.92 Å². The van der Waals surface area contributed by atoms with E-state index >= 15 is 0 Å². The van der Waals surface area contributed by atoms with Crippen LogP contribution in [0.3, 0.4) is 0 Å². The number of benzene rings is 1. The molecule has 1 aromatic rings. The maximum absolute atomic E-state index is 11.8. The lowest BCUT2D eigenvalue weighted by Crippen LogP contribution is -2.28. The summed E-state index contributed by atoms with van der Waals surface area (Å²) in [5.74, 6) is 0.460. The van der Waals surface area contributed by atoms with Gasteiger partial charge in [-0.1, -0.05) is 20.3 Å². The molecule has 3 N–H and O–H groups in total. The Balaban J connectivity index is 2.66. The summed E-state index contributed by atoms with van der Waals surface area (Å²) in [5, 5.41) is 2.91. The molecule has 0 radical (unpaired) electrons. The Morgan fingerprint density at radius 2 is 2.12 bits per heavy atom. The molecule has 0 bridgehead atoms. The Bertz CT molecular complexity index is 354. The van der Waals surface area contributed by atoms with Crippen LogP contribution in [0, 0.1) is 12.8 Å². The third-order valence-electron chi connectivity index (χ3n) is 2.67. The second-order valence-electron chi connectivity index (χ2n) is 4.36. The lowest BCUT2D eigenvalue weighted by atomic mass is 10.1. The van der Waals surface area contributed by atoms with Crippen LogP contribution in [0.15, 0.2) is 18.2 Å². The van der Waals surface area contributed by atoms with Gasteiger partial charge in [-0.05, 0) is 36.6 Å². The van der Waals surface area contributed by atoms with Crippen molar-refractivity contribution in [3.63, 3.8) is 0 Å². The van der Waals surface area contributed by atoms with Gasteiger partial charge in [0.1, 0.15) is 0 Å². The van der Waals surface area contributed by atoms with Crippen LogP contribution in [-0.2, 0) is 0 Å². The van der Waals surface area contributed by atoms with Gasteiger partial charge in [-0.25, -0.2) is 0 Å². The topological polar surface area (TPSA) is 55.1 Å². The molecule has 1 rings (SSSR count). The van der Waals surface area contributed by atoms with E-state index in [-0.39, 0.29) is 5.91 Å². The summed E-state index contributed by atoms with van der Waals surface area (Å²) in [7, 11) is 0. The predicted octanol–water partition coefficient (Wildman–Crippen LogP) is 2.35. The molecule has 0 aromatic heterocycles. The van der Waals surface area contributed by atoms with E-state index in [4.69, 9.17) is 5.73 Å². The summed E-state index contributed by atoms with van der Waals surface area (Å²) >= 11 is 0. The first-order chi connectivity index (χ1) is 7.52. The summed E-state index contributed by atoms with van der Waals surface area (Å²) in [6.07, 6.45) is 1.07. The minimum Gasteiger partial charge on any atom is -0.399 e. The number of nitrogen functional groups attached to an aromatic ring is 1. The van der Waals surface area contributed by atoms with Crippen LogP contribution in [0.2, 0.25) is 0 Å². The number of nitrogens with one attached hydrogen (secondary N) is 1. The smallest absolute Gasteiger partial charge is 0.251 e. The molecule has 1 atom stereocenters. The quantitative estimate of drug-likeness (QED) is 0.765. The highest BCUT2D eigenvalue weighted by Gasteiger charge is 2.07. The Morgan fingerprint density at radius 3 is 2.69 bits per heavy atom. The first-order valence-corrected chi connectivity index (χ1v) is 5.68. The molecule has 0 heterocycles. The number of hydrogen-bond donors (Lipinski definition) is 2. The summed E-state index contributed by atoms with van der Waals surface area (Å²) in [4.78, 5) is 11.8. The molecule has 0 spiro atoms. The number of carbonyl (C=O) groups excluding carboxylic acids is 1. The normalized spacial score (nSPS) is 12.2. The van der Waals surface area contributed by atoms with Crippen molar-refractivity contribution >= 4 is 11.6 Å². The molecular weight excluding hydrogens is 200 g/mol. The first kappa shape index (κ1) is 12.6. The lowest BCUT2D eigenvalue weighted by Gasteiger charge is -2.10. The van der Waals surface area contributed by atoms with Gasteiger partial charge in [0.15, 0.2) is 0 Å². The molecule has 0 saturated carbocycles. The summed E-state index contributed by atoms with van der Waals surface area (Å²) in [6, 6.07) is 5.41. The van der Waals surface area contributed by atoms with Gasteiger partial charge < -0.3 is 11.1 Å². The molecule has 0 aliphatic heterocycles. The monoisotopic (exact) mass is 220 g/mol. The van der Waals surface area contributed by atoms with Crippen LogP contribution in [0.5, 0.6) is 0 Å². The van der Waals surface area contributed by atoms with Gasteiger partial charge in [0.25, 0.3) is 5.91 Å². The highest BCUT2D eigenvalue weighted by atomic mass is 16.1. The Morgan fingerprint density at radius 1 is 1.44 bits per heavy atom. The van der Waals surface area contributed by atoms with Crippen LogP contribution in [0.1, 0.15) is 36.2 Å². The van der Waals surface area contributed by atoms with Gasteiger partial charge in [0.2, 0.25) is 0 Å². The van der Waals surface area contributed by atoms with Gasteiger partial charge in [0.05, 0.1) is 0 Å². The molecule has 3 nitrogen and oxygen atoms in total. The highest BCUT2D eigenvalue weighted by molar-refractivity contribution is 5.95. The molecular formula is C13H20N2O. The molecule has 0 aliphatic carbocycles. The molecule has 1 aromatic carbocycles. The fraction of sp³-hybridized carbons (Fsp3) is 0.462. The SMILES string of the molecule is CCC(C)CNC(=O)c1cc(C)cc(N)c1. The van der Waals surface area contributed by atoms with E-state index in [0.29, 0.717) is 23.7 Å². The minimum atomic E-state index is -0.0456. The maximum Gasteiger partial charge on any atom is 0.251 e. The van der Waals surface area contributed by atoms with Crippen molar-refractivity contribution in [1.82, 2.24) is 5.32 Å². The fourth-order valence-corrected chi connectivity index (χ4v) is 1.46. The zero-order valence-electron chi connectivity index (χ0n) is 10.2. The minimum absolute atomic E-state index is 0.0456. The van der Waals surface area contributed by atoms with E-state index in [1.165, 1.54) is 0 Å². The van der Waals surface area contributed by atoms with E-state index in [1.54, 1.807) is 6.07 Å². The largest absolute Gasteiger partial charge is 0.399 e. The Labute approximate surface area is 97.0 Å². The van der Waals surface area contributed by atoms with E-state index in [9.17, 15) is 4.79 Å². The summed E-state index contributed by atoms with van der Waals surface area (Å²) in [6.45, 7) is 6.87. The maximum atomic E-state index is 11.8. The van der Waals surface area contributed by atoms with E-state index in [2.05, 4.69) is 19.2 Å². The van der Waals surface area contributed by atoms with Crippen LogP contribution in [0.4, 0.5) is 5.69 Å². The molecule has 0 fully saturated rings. The number of amides is 1. The van der Waals surface area contributed by atoms with Crippen LogP contribution < -0.4 is 11.1 Å². The molecule has 1 unspecified atom stereocenters. The highest BCUT2D eigenvalue weighted by Crippen LogP contribution is 2.11. The number of rotatable bonds is 4. The summed E-state index contributed by atoms with van der Waals surface area (Å²) < 4.78 is 0. The Hall–Kier alpha value is -1.51. The number of anilines is 1. The zero-order chi connectivity index (χ0) is 12.1. The molecule has 1 amide bonds. The van der Waals surface area contributed by atoms with Crippen LogP contribution >= 0.6 is 0 Å². The lowest BCUT2D eigenvalue weighted by molar-refractivity contribution is 0.0948. The van der Waals surface area contributed by atoms with E-state index in [1.807, 2.05) is 19.1 Å². The van der Waals surface area contributed by atoms with Crippen molar-refractivity contribution in [2.75, 3.05) is 12.3 Å². The van der Waals surface area contributed by atoms with Gasteiger partial charge in [-0.15, -0.1) is 0 Å². The van der Waals surface area contributed by atoms with Gasteiger partial charge in [0, 0.05) is 17.8 Å². The molecule has 88 valence electrons. The average Bonchev–Trinajstić information content (AvgIpc) is 2.23. The van der Waals surface area contributed by atoms with Gasteiger partial charge >= 0.3 is 0 Å². The number of carbonyl (C=O) groups is 1. The van der Waals surface area contributed by atoms with E-state index < -0.39 is 0 Å². The first-order valence-electron chi connectivity index (χ1n) is 5.68.